The first-order valence-electron chi connectivity index (χ1n) is 11.9. The van der Waals surface area contributed by atoms with Crippen LogP contribution in [0.4, 0.5) is 23.0 Å². The standard InChI is InChI=1S/C28H33N7O/c1-6-9-27(36)31-24-18-20(12-13-26(24)34(4)17-16-33(2)3)30-28-29-15-14-23(32-28)22-19-35(5)25-11-8-7-10-21(22)25/h6-8,10-15,18-19H,1,9,16-17H2,2-5H3,(H,31,36)(H,29,30,32). The van der Waals surface area contributed by atoms with E-state index in [0.29, 0.717) is 5.95 Å². The summed E-state index contributed by atoms with van der Waals surface area (Å²) in [7, 11) is 8.14. The number of carbonyl (C=O) groups is 1. The highest BCUT2D eigenvalue weighted by Gasteiger charge is 2.14. The summed E-state index contributed by atoms with van der Waals surface area (Å²) in [6.07, 6.45) is 5.68. The molecule has 0 aliphatic rings. The fraction of sp³-hybridized carbons (Fsp3) is 0.250. The number of hydrogen-bond donors (Lipinski definition) is 2. The predicted molar refractivity (Wildman–Crippen MR) is 149 cm³/mol. The van der Waals surface area contributed by atoms with Gasteiger partial charge >= 0.3 is 0 Å². The summed E-state index contributed by atoms with van der Waals surface area (Å²) in [5, 5.41) is 7.46. The summed E-state index contributed by atoms with van der Waals surface area (Å²) >= 11 is 0. The van der Waals surface area contributed by atoms with Crippen LogP contribution in [0.15, 0.2) is 73.6 Å². The van der Waals surface area contributed by atoms with Crippen LogP contribution >= 0.6 is 0 Å². The van der Waals surface area contributed by atoms with Crippen molar-refractivity contribution >= 4 is 39.8 Å². The highest BCUT2D eigenvalue weighted by molar-refractivity contribution is 5.96. The highest BCUT2D eigenvalue weighted by Crippen LogP contribution is 2.32. The quantitative estimate of drug-likeness (QED) is 0.313. The van der Waals surface area contributed by atoms with Gasteiger partial charge in [-0.2, -0.15) is 0 Å². The molecule has 2 aromatic carbocycles. The maximum Gasteiger partial charge on any atom is 0.228 e. The van der Waals surface area contributed by atoms with Gasteiger partial charge < -0.3 is 25.0 Å². The number of para-hydroxylation sites is 1. The first kappa shape index (κ1) is 24.9. The van der Waals surface area contributed by atoms with Crippen molar-refractivity contribution in [1.82, 2.24) is 19.4 Å². The SMILES string of the molecule is C=CCC(=O)Nc1cc(Nc2nccc(-c3cn(C)c4ccccc34)n2)ccc1N(C)CCN(C)C. The van der Waals surface area contributed by atoms with Crippen LogP contribution in [0.1, 0.15) is 6.42 Å². The van der Waals surface area contributed by atoms with Gasteiger partial charge in [-0.05, 0) is 44.4 Å². The first-order chi connectivity index (χ1) is 17.4. The average molecular weight is 484 g/mol. The van der Waals surface area contributed by atoms with Crippen molar-refractivity contribution in [1.29, 1.82) is 0 Å². The Kier molecular flexibility index (Phi) is 7.65. The molecule has 8 heteroatoms. The molecule has 0 bridgehead atoms. The van der Waals surface area contributed by atoms with E-state index in [1.807, 2.05) is 64.6 Å². The lowest BCUT2D eigenvalue weighted by Crippen LogP contribution is -2.29. The van der Waals surface area contributed by atoms with Gasteiger partial charge in [0, 0.05) is 68.2 Å². The third-order valence-corrected chi connectivity index (χ3v) is 5.98. The molecule has 4 aromatic rings. The Hall–Kier alpha value is -4.17. The molecule has 2 heterocycles. The molecule has 0 saturated heterocycles. The summed E-state index contributed by atoms with van der Waals surface area (Å²) in [5.41, 5.74) is 5.47. The second-order valence-corrected chi connectivity index (χ2v) is 9.06. The lowest BCUT2D eigenvalue weighted by atomic mass is 10.1. The number of nitrogens with one attached hydrogen (secondary N) is 2. The largest absolute Gasteiger partial charge is 0.372 e. The molecule has 4 rings (SSSR count). The maximum atomic E-state index is 12.4. The lowest BCUT2D eigenvalue weighted by Gasteiger charge is -2.25. The van der Waals surface area contributed by atoms with Gasteiger partial charge in [-0.25, -0.2) is 9.97 Å². The van der Waals surface area contributed by atoms with Crippen LogP contribution in [-0.2, 0) is 11.8 Å². The molecule has 0 radical (unpaired) electrons. The molecule has 0 spiro atoms. The van der Waals surface area contributed by atoms with Crippen molar-refractivity contribution in [3.8, 4) is 11.3 Å². The topological polar surface area (TPSA) is 78.3 Å². The number of benzene rings is 2. The van der Waals surface area contributed by atoms with E-state index in [0.717, 1.165) is 52.3 Å². The summed E-state index contributed by atoms with van der Waals surface area (Å²) in [4.78, 5) is 25.8. The molecule has 0 unspecified atom stereocenters. The van der Waals surface area contributed by atoms with Crippen LogP contribution < -0.4 is 15.5 Å². The van der Waals surface area contributed by atoms with Crippen LogP contribution in [0.5, 0.6) is 0 Å². The van der Waals surface area contributed by atoms with Crippen molar-refractivity contribution in [2.45, 2.75) is 6.42 Å². The zero-order chi connectivity index (χ0) is 25.7. The molecule has 2 aromatic heterocycles. The van der Waals surface area contributed by atoms with Crippen molar-refractivity contribution in [2.75, 3.05) is 49.8 Å². The molecule has 0 aliphatic carbocycles. The number of carbonyl (C=O) groups excluding carboxylic acids is 1. The Morgan fingerprint density at radius 3 is 2.69 bits per heavy atom. The maximum absolute atomic E-state index is 12.4. The van der Waals surface area contributed by atoms with E-state index in [1.54, 1.807) is 12.3 Å². The number of fused-ring (bicyclic) bond motifs is 1. The minimum Gasteiger partial charge on any atom is -0.372 e. The first-order valence-corrected chi connectivity index (χ1v) is 11.9. The minimum atomic E-state index is -0.112. The highest BCUT2D eigenvalue weighted by atomic mass is 16.1. The zero-order valence-corrected chi connectivity index (χ0v) is 21.3. The normalized spacial score (nSPS) is 11.0. The van der Waals surface area contributed by atoms with E-state index in [4.69, 9.17) is 4.98 Å². The molecule has 2 N–H and O–H groups in total. The van der Waals surface area contributed by atoms with Gasteiger partial charge in [0.25, 0.3) is 0 Å². The van der Waals surface area contributed by atoms with E-state index < -0.39 is 0 Å². The Balaban J connectivity index is 1.62. The molecular weight excluding hydrogens is 450 g/mol. The van der Waals surface area contributed by atoms with Crippen molar-refractivity contribution in [2.24, 2.45) is 7.05 Å². The van der Waals surface area contributed by atoms with E-state index in [1.165, 1.54) is 0 Å². The smallest absolute Gasteiger partial charge is 0.228 e. The van der Waals surface area contributed by atoms with Gasteiger partial charge in [-0.3, -0.25) is 4.79 Å². The van der Waals surface area contributed by atoms with Crippen LogP contribution in [-0.4, -0.2) is 59.6 Å². The number of aryl methyl sites for hydroxylation is 1. The average Bonchev–Trinajstić information content (AvgIpc) is 3.20. The summed E-state index contributed by atoms with van der Waals surface area (Å²) in [6, 6.07) is 16.1. The summed E-state index contributed by atoms with van der Waals surface area (Å²) < 4.78 is 2.10. The van der Waals surface area contributed by atoms with Crippen molar-refractivity contribution in [3.05, 3.63) is 73.6 Å². The van der Waals surface area contributed by atoms with Gasteiger partial charge in [0.1, 0.15) is 0 Å². The second-order valence-electron chi connectivity index (χ2n) is 9.06. The van der Waals surface area contributed by atoms with E-state index in [-0.39, 0.29) is 12.3 Å². The fourth-order valence-electron chi connectivity index (χ4n) is 4.09. The summed E-state index contributed by atoms with van der Waals surface area (Å²) in [6.45, 7) is 5.38. The number of hydrogen-bond acceptors (Lipinski definition) is 6. The molecule has 0 fully saturated rings. The van der Waals surface area contributed by atoms with Crippen molar-refractivity contribution in [3.63, 3.8) is 0 Å². The van der Waals surface area contributed by atoms with Crippen molar-refractivity contribution < 1.29 is 4.79 Å². The minimum absolute atomic E-state index is 0.112. The third-order valence-electron chi connectivity index (χ3n) is 5.98. The second kappa shape index (κ2) is 11.0. The molecule has 186 valence electrons. The lowest BCUT2D eigenvalue weighted by molar-refractivity contribution is -0.115. The molecule has 36 heavy (non-hydrogen) atoms. The van der Waals surface area contributed by atoms with Gasteiger partial charge in [-0.1, -0.05) is 24.3 Å². The number of amides is 1. The third kappa shape index (κ3) is 5.72. The number of rotatable bonds is 10. The van der Waals surface area contributed by atoms with Crippen LogP contribution in [0.3, 0.4) is 0 Å². The number of anilines is 4. The Bertz CT molecular complexity index is 1380. The van der Waals surface area contributed by atoms with Crippen LogP contribution in [0.25, 0.3) is 22.2 Å². The van der Waals surface area contributed by atoms with E-state index in [9.17, 15) is 4.79 Å². The molecule has 1 amide bonds. The number of likely N-dealkylation sites (N-methyl/N-ethyl adjacent to an activating group) is 2. The number of nitrogens with zero attached hydrogens (tertiary/aromatic N) is 5. The molecule has 0 aliphatic heterocycles. The monoisotopic (exact) mass is 483 g/mol. The zero-order valence-electron chi connectivity index (χ0n) is 21.3. The van der Waals surface area contributed by atoms with Gasteiger partial charge in [-0.15, -0.1) is 6.58 Å². The van der Waals surface area contributed by atoms with E-state index in [2.05, 4.69) is 54.9 Å². The van der Waals surface area contributed by atoms with E-state index >= 15 is 0 Å². The number of aromatic nitrogens is 3. The Morgan fingerprint density at radius 1 is 1.11 bits per heavy atom. The predicted octanol–water partition coefficient (Wildman–Crippen LogP) is 4.89. The molecule has 0 atom stereocenters. The summed E-state index contributed by atoms with van der Waals surface area (Å²) in [5.74, 6) is 0.371. The van der Waals surface area contributed by atoms with Gasteiger partial charge in [0.15, 0.2) is 0 Å². The molecular formula is C28H33N7O. The molecule has 0 saturated carbocycles. The fourth-order valence-corrected chi connectivity index (χ4v) is 4.09. The Labute approximate surface area is 212 Å². The Morgan fingerprint density at radius 2 is 1.92 bits per heavy atom. The van der Waals surface area contributed by atoms with Gasteiger partial charge in [0.05, 0.1) is 17.1 Å². The van der Waals surface area contributed by atoms with Gasteiger partial charge in [0.2, 0.25) is 11.9 Å². The van der Waals surface area contributed by atoms with Crippen LogP contribution in [0, 0.1) is 0 Å². The molecule has 8 nitrogen and oxygen atoms in total. The van der Waals surface area contributed by atoms with Crippen LogP contribution in [0.2, 0.25) is 0 Å².